The van der Waals surface area contributed by atoms with Crippen molar-refractivity contribution >= 4 is 39.5 Å². The number of rotatable bonds is 9. The number of carbonyl (C=O) groups excluding carboxylic acids is 2. The summed E-state index contributed by atoms with van der Waals surface area (Å²) in [6.07, 6.45) is 4.98. The average Bonchev–Trinajstić information content (AvgIpc) is 3.44. The lowest BCUT2D eigenvalue weighted by molar-refractivity contribution is 0.0985. The number of anilines is 3. The van der Waals surface area contributed by atoms with E-state index in [1.807, 2.05) is 84.9 Å². The number of piperidine rings is 1. The summed E-state index contributed by atoms with van der Waals surface area (Å²) in [5.41, 5.74) is 7.51. The molecule has 0 amide bonds. The fourth-order valence-electron chi connectivity index (χ4n) is 5.57. The van der Waals surface area contributed by atoms with Gasteiger partial charge in [0.15, 0.2) is 11.6 Å². The number of carbonyl (C=O) groups is 2. The molecular weight excluding hydrogens is 506 g/mol. The lowest BCUT2D eigenvalue weighted by atomic mass is 9.98. The molecule has 0 unspecified atom stereocenters. The number of para-hydroxylation sites is 1. The van der Waals surface area contributed by atoms with Crippen molar-refractivity contribution in [3.8, 4) is 0 Å². The van der Waals surface area contributed by atoms with E-state index in [1.54, 1.807) is 6.20 Å². The lowest BCUT2D eigenvalue weighted by Crippen LogP contribution is -2.32. The Balaban J connectivity index is 1.02. The van der Waals surface area contributed by atoms with Gasteiger partial charge in [0.2, 0.25) is 0 Å². The third-order valence-corrected chi connectivity index (χ3v) is 8.15. The average molecular weight is 542 g/mol. The summed E-state index contributed by atoms with van der Waals surface area (Å²) >= 11 is 0. The molecule has 4 aromatic carbocycles. The molecule has 1 fully saturated rings. The van der Waals surface area contributed by atoms with Crippen molar-refractivity contribution in [3.63, 3.8) is 0 Å². The Morgan fingerprint density at radius 3 is 1.98 bits per heavy atom. The van der Waals surface area contributed by atoms with Crippen LogP contribution in [0.25, 0.3) is 10.9 Å². The van der Waals surface area contributed by atoms with Crippen LogP contribution in [-0.2, 0) is 12.8 Å². The number of hydrogen-bond acceptors (Lipinski definition) is 4. The summed E-state index contributed by atoms with van der Waals surface area (Å²) in [5.74, 6) is 1.02. The van der Waals surface area contributed by atoms with E-state index in [0.29, 0.717) is 12.8 Å². The minimum absolute atomic E-state index is 0.0981. The maximum atomic E-state index is 12.9. The van der Waals surface area contributed by atoms with E-state index in [1.165, 1.54) is 18.5 Å². The van der Waals surface area contributed by atoms with Crippen LogP contribution >= 0.6 is 0 Å². The zero-order valence-electron chi connectivity index (χ0n) is 23.4. The largest absolute Gasteiger partial charge is 0.372 e. The topological polar surface area (TPSA) is 65.2 Å². The molecule has 0 bridgehead atoms. The highest BCUT2D eigenvalue weighted by Crippen LogP contribution is 2.25. The minimum Gasteiger partial charge on any atom is -0.372 e. The lowest BCUT2D eigenvalue weighted by Gasteiger charge is -2.32. The molecule has 5 nitrogen and oxygen atoms in total. The Morgan fingerprint density at radius 1 is 0.756 bits per heavy atom. The molecule has 2 N–H and O–H groups in total. The first-order valence-electron chi connectivity index (χ1n) is 14.4. The number of fused-ring (bicyclic) bond motifs is 1. The molecule has 2 heterocycles. The number of nitrogens with one attached hydrogen (secondary N) is 2. The third kappa shape index (κ3) is 6.25. The molecule has 206 valence electrons. The van der Waals surface area contributed by atoms with E-state index in [9.17, 15) is 9.59 Å². The van der Waals surface area contributed by atoms with Crippen LogP contribution in [0.2, 0.25) is 0 Å². The molecule has 1 aliphatic heterocycles. The molecule has 1 saturated heterocycles. The van der Waals surface area contributed by atoms with E-state index in [0.717, 1.165) is 63.5 Å². The van der Waals surface area contributed by atoms with E-state index >= 15 is 0 Å². The van der Waals surface area contributed by atoms with Gasteiger partial charge in [-0.15, -0.1) is 0 Å². The van der Waals surface area contributed by atoms with Crippen LogP contribution in [0.15, 0.2) is 103 Å². The Labute approximate surface area is 241 Å². The highest BCUT2D eigenvalue weighted by atomic mass is 16.1. The van der Waals surface area contributed by atoms with Gasteiger partial charge in [-0.25, -0.2) is 0 Å². The van der Waals surface area contributed by atoms with Crippen molar-refractivity contribution in [3.05, 3.63) is 126 Å². The highest BCUT2D eigenvalue weighted by molar-refractivity contribution is 6.08. The number of aromatic amines is 1. The van der Waals surface area contributed by atoms with Crippen molar-refractivity contribution in [2.45, 2.75) is 32.6 Å². The number of hydrogen-bond donors (Lipinski definition) is 2. The monoisotopic (exact) mass is 541 g/mol. The smallest absolute Gasteiger partial charge is 0.169 e. The summed E-state index contributed by atoms with van der Waals surface area (Å²) < 4.78 is 0. The summed E-state index contributed by atoms with van der Waals surface area (Å²) in [6.45, 7) is 4.49. The van der Waals surface area contributed by atoms with Crippen molar-refractivity contribution in [1.82, 2.24) is 4.98 Å². The maximum absolute atomic E-state index is 12.9. The van der Waals surface area contributed by atoms with Gasteiger partial charge in [0.25, 0.3) is 0 Å². The van der Waals surface area contributed by atoms with Crippen LogP contribution in [0.3, 0.4) is 0 Å². The van der Waals surface area contributed by atoms with E-state index < -0.39 is 0 Å². The normalized spacial score (nSPS) is 13.8. The van der Waals surface area contributed by atoms with Gasteiger partial charge in [-0.05, 0) is 84.5 Å². The fourth-order valence-corrected chi connectivity index (χ4v) is 5.57. The van der Waals surface area contributed by atoms with Gasteiger partial charge < -0.3 is 15.2 Å². The molecule has 0 atom stereocenters. The molecule has 0 aliphatic carbocycles. The first kappa shape index (κ1) is 26.6. The molecule has 0 spiro atoms. The van der Waals surface area contributed by atoms with Crippen LogP contribution in [0, 0.1) is 5.92 Å². The highest BCUT2D eigenvalue weighted by Gasteiger charge is 2.17. The summed E-state index contributed by atoms with van der Waals surface area (Å²) in [4.78, 5) is 31.4. The quantitative estimate of drug-likeness (QED) is 0.186. The molecule has 5 aromatic rings. The second-order valence-corrected chi connectivity index (χ2v) is 11.2. The molecule has 0 radical (unpaired) electrons. The molecule has 6 rings (SSSR count). The van der Waals surface area contributed by atoms with Gasteiger partial charge in [-0.3, -0.25) is 9.59 Å². The number of H-pyrrole nitrogens is 1. The van der Waals surface area contributed by atoms with Gasteiger partial charge in [0.1, 0.15) is 0 Å². The second-order valence-electron chi connectivity index (χ2n) is 11.2. The van der Waals surface area contributed by atoms with Gasteiger partial charge >= 0.3 is 0 Å². The molecule has 0 saturated carbocycles. The predicted octanol–water partition coefficient (Wildman–Crippen LogP) is 8.00. The zero-order chi connectivity index (χ0) is 28.2. The Morgan fingerprint density at radius 2 is 1.34 bits per heavy atom. The Bertz CT molecular complexity index is 1640. The van der Waals surface area contributed by atoms with Crippen molar-refractivity contribution in [2.75, 3.05) is 23.3 Å². The Hall–Kier alpha value is -4.64. The summed E-state index contributed by atoms with van der Waals surface area (Å²) in [7, 11) is 0. The first-order valence-corrected chi connectivity index (χ1v) is 14.4. The van der Waals surface area contributed by atoms with E-state index in [2.05, 4.69) is 34.3 Å². The predicted molar refractivity (Wildman–Crippen MR) is 168 cm³/mol. The van der Waals surface area contributed by atoms with Gasteiger partial charge in [0.05, 0.1) is 0 Å². The number of benzene rings is 4. The number of ketones is 2. The van der Waals surface area contributed by atoms with E-state index in [4.69, 9.17) is 0 Å². The molecule has 5 heteroatoms. The van der Waals surface area contributed by atoms with Crippen LogP contribution < -0.4 is 10.2 Å². The number of Topliss-reactive ketones (excluding diaryl/α,β-unsaturated/α-hetero) is 2. The number of aromatic nitrogens is 1. The van der Waals surface area contributed by atoms with Gasteiger partial charge in [-0.2, -0.15) is 0 Å². The Kier molecular flexibility index (Phi) is 7.68. The molecule has 41 heavy (non-hydrogen) atoms. The third-order valence-electron chi connectivity index (χ3n) is 8.15. The van der Waals surface area contributed by atoms with Crippen molar-refractivity contribution < 1.29 is 9.59 Å². The van der Waals surface area contributed by atoms with Gasteiger partial charge in [0, 0.05) is 71.2 Å². The number of nitrogens with zero attached hydrogens (tertiary/aromatic N) is 1. The minimum atomic E-state index is 0.0981. The van der Waals surface area contributed by atoms with Crippen LogP contribution in [0.4, 0.5) is 17.1 Å². The van der Waals surface area contributed by atoms with Crippen molar-refractivity contribution in [1.29, 1.82) is 0 Å². The van der Waals surface area contributed by atoms with Gasteiger partial charge in [-0.1, -0.05) is 49.4 Å². The van der Waals surface area contributed by atoms with Crippen LogP contribution in [-0.4, -0.2) is 29.6 Å². The van der Waals surface area contributed by atoms with Crippen LogP contribution in [0.1, 0.15) is 51.6 Å². The molecule has 1 aliphatic rings. The fraction of sp³-hybridized carbons (Fsp3) is 0.222. The molecular formula is C36H35N3O2. The second kappa shape index (κ2) is 11.8. The summed E-state index contributed by atoms with van der Waals surface area (Å²) in [6, 6.07) is 31.9. The first-order chi connectivity index (χ1) is 20.0. The SMILES string of the molecule is CC1CCN(c2ccc(C(=O)Cc3ccc(Nc4ccc(CC(=O)c5c[nH]c6ccccc56)cc4)cc3)cc2)CC1. The maximum Gasteiger partial charge on any atom is 0.169 e. The van der Waals surface area contributed by atoms with Crippen LogP contribution in [0.5, 0.6) is 0 Å². The van der Waals surface area contributed by atoms with E-state index in [-0.39, 0.29) is 11.6 Å². The standard InChI is InChI=1S/C36H35N3O2/c1-25-18-20-39(21-19-25)31-16-10-28(11-17-31)35(40)22-26-6-12-29(13-7-26)38-30-14-8-27(9-15-30)23-36(41)33-24-37-34-5-3-2-4-32(33)34/h2-17,24-25,37-38H,18-23H2,1H3. The zero-order valence-corrected chi connectivity index (χ0v) is 23.4. The summed E-state index contributed by atoms with van der Waals surface area (Å²) in [5, 5.41) is 4.37. The molecule has 1 aromatic heterocycles. The van der Waals surface area contributed by atoms with Crippen molar-refractivity contribution in [2.24, 2.45) is 5.92 Å².